The Labute approximate surface area is 120 Å². The van der Waals surface area contributed by atoms with Crippen LogP contribution in [0.3, 0.4) is 0 Å². The molecule has 2 N–H and O–H groups in total. The van der Waals surface area contributed by atoms with Gasteiger partial charge in [-0.15, -0.1) is 0 Å². The van der Waals surface area contributed by atoms with Crippen LogP contribution in [-0.2, 0) is 0 Å². The van der Waals surface area contributed by atoms with Gasteiger partial charge in [-0.2, -0.15) is 0 Å². The quantitative estimate of drug-likeness (QED) is 0.883. The molecule has 1 atom stereocenters. The lowest BCUT2D eigenvalue weighted by Gasteiger charge is -2.44. The highest BCUT2D eigenvalue weighted by Crippen LogP contribution is 2.27. The zero-order valence-corrected chi connectivity index (χ0v) is 12.3. The zero-order valence-electron chi connectivity index (χ0n) is 12.3. The summed E-state index contributed by atoms with van der Waals surface area (Å²) in [5.41, 5.74) is 2.94. The topological polar surface area (TPSA) is 44.4 Å². The molecule has 2 bridgehead atoms. The number of piperidine rings is 3. The monoisotopic (exact) mass is 273 g/mol. The van der Waals surface area contributed by atoms with Crippen LogP contribution in [0.25, 0.3) is 0 Å². The Morgan fingerprint density at radius 1 is 1.30 bits per heavy atom. The first-order valence-electron chi connectivity index (χ1n) is 7.49. The summed E-state index contributed by atoms with van der Waals surface area (Å²) in [6.45, 7) is 5.45. The Morgan fingerprint density at radius 2 is 2.05 bits per heavy atom. The van der Waals surface area contributed by atoms with Crippen molar-refractivity contribution in [1.82, 2.24) is 10.2 Å². The van der Waals surface area contributed by atoms with Crippen LogP contribution in [0.5, 0.6) is 0 Å². The van der Waals surface area contributed by atoms with Crippen molar-refractivity contribution >= 4 is 11.6 Å². The number of amides is 1. The molecule has 3 saturated heterocycles. The molecule has 1 aromatic carbocycles. The maximum Gasteiger partial charge on any atom is 0.251 e. The van der Waals surface area contributed by atoms with Crippen LogP contribution < -0.4 is 10.6 Å². The molecule has 20 heavy (non-hydrogen) atoms. The summed E-state index contributed by atoms with van der Waals surface area (Å²) in [6.07, 6.45) is 2.45. The van der Waals surface area contributed by atoms with Gasteiger partial charge in [-0.25, -0.2) is 0 Å². The maximum absolute atomic E-state index is 12.4. The average Bonchev–Trinajstić information content (AvgIpc) is 2.48. The van der Waals surface area contributed by atoms with Crippen LogP contribution >= 0.6 is 0 Å². The number of aryl methyl sites for hydroxylation is 1. The summed E-state index contributed by atoms with van der Waals surface area (Å²) in [6, 6.07) is 6.16. The standard InChI is InChI=1S/C16H23N3O/c1-11-9-13(3-4-14(11)17-2)16(20)18-15-10-19-7-5-12(15)6-8-19/h3-4,9,12,15,17H,5-8,10H2,1-2H3,(H,18,20). The third kappa shape index (κ3) is 2.52. The molecule has 0 aliphatic carbocycles. The van der Waals surface area contributed by atoms with Crippen LogP contribution in [0.4, 0.5) is 5.69 Å². The average molecular weight is 273 g/mol. The fourth-order valence-corrected chi connectivity index (χ4v) is 3.47. The highest BCUT2D eigenvalue weighted by Gasteiger charge is 2.34. The molecule has 3 aliphatic rings. The summed E-state index contributed by atoms with van der Waals surface area (Å²) < 4.78 is 0. The fourth-order valence-electron chi connectivity index (χ4n) is 3.47. The van der Waals surface area contributed by atoms with Crippen LogP contribution in [0, 0.1) is 12.8 Å². The van der Waals surface area contributed by atoms with Gasteiger partial charge in [0.25, 0.3) is 5.91 Å². The molecule has 3 aliphatic heterocycles. The lowest BCUT2D eigenvalue weighted by atomic mass is 9.84. The Balaban J connectivity index is 1.68. The minimum atomic E-state index is 0.0644. The van der Waals surface area contributed by atoms with Gasteiger partial charge >= 0.3 is 0 Å². The molecule has 0 aromatic heterocycles. The first-order chi connectivity index (χ1) is 9.67. The number of anilines is 1. The second kappa shape index (κ2) is 5.44. The number of benzene rings is 1. The van der Waals surface area contributed by atoms with Crippen molar-refractivity contribution < 1.29 is 4.79 Å². The van der Waals surface area contributed by atoms with E-state index >= 15 is 0 Å². The van der Waals surface area contributed by atoms with Gasteiger partial charge < -0.3 is 15.5 Å². The van der Waals surface area contributed by atoms with Crippen molar-refractivity contribution in [2.75, 3.05) is 32.0 Å². The van der Waals surface area contributed by atoms with Crippen molar-refractivity contribution in [3.8, 4) is 0 Å². The van der Waals surface area contributed by atoms with E-state index in [9.17, 15) is 4.79 Å². The highest BCUT2D eigenvalue weighted by molar-refractivity contribution is 5.95. The van der Waals surface area contributed by atoms with Crippen molar-refractivity contribution in [3.63, 3.8) is 0 Å². The number of hydrogen-bond donors (Lipinski definition) is 2. The van der Waals surface area contributed by atoms with Crippen molar-refractivity contribution in [2.24, 2.45) is 5.92 Å². The summed E-state index contributed by atoms with van der Waals surface area (Å²) in [7, 11) is 1.90. The van der Waals surface area contributed by atoms with Crippen molar-refractivity contribution in [2.45, 2.75) is 25.8 Å². The van der Waals surface area contributed by atoms with Crippen LogP contribution in [-0.4, -0.2) is 43.5 Å². The molecule has 1 aromatic rings. The van der Waals surface area contributed by atoms with Crippen molar-refractivity contribution in [3.05, 3.63) is 29.3 Å². The van der Waals surface area contributed by atoms with Gasteiger partial charge in [0.05, 0.1) is 0 Å². The fraction of sp³-hybridized carbons (Fsp3) is 0.562. The molecule has 4 nitrogen and oxygen atoms in total. The molecule has 3 fully saturated rings. The molecule has 108 valence electrons. The van der Waals surface area contributed by atoms with E-state index in [1.807, 2.05) is 32.2 Å². The molecule has 0 spiro atoms. The second-order valence-corrected chi connectivity index (χ2v) is 6.00. The predicted molar refractivity (Wildman–Crippen MR) is 81.1 cm³/mol. The lowest BCUT2D eigenvalue weighted by Crippen LogP contribution is -2.57. The molecule has 3 heterocycles. The highest BCUT2D eigenvalue weighted by atomic mass is 16.1. The number of carbonyl (C=O) groups excluding carboxylic acids is 1. The van der Waals surface area contributed by atoms with E-state index in [1.54, 1.807) is 0 Å². The lowest BCUT2D eigenvalue weighted by molar-refractivity contribution is 0.0620. The SMILES string of the molecule is CNc1ccc(C(=O)NC2CN3CCC2CC3)cc1C. The van der Waals surface area contributed by atoms with Gasteiger partial charge in [-0.3, -0.25) is 4.79 Å². The Bertz CT molecular complexity index is 506. The first-order valence-corrected chi connectivity index (χ1v) is 7.49. The smallest absolute Gasteiger partial charge is 0.251 e. The maximum atomic E-state index is 12.4. The number of rotatable bonds is 3. The van der Waals surface area contributed by atoms with E-state index in [1.165, 1.54) is 25.9 Å². The number of nitrogens with zero attached hydrogens (tertiary/aromatic N) is 1. The summed E-state index contributed by atoms with van der Waals surface area (Å²) in [4.78, 5) is 14.8. The summed E-state index contributed by atoms with van der Waals surface area (Å²) in [5.74, 6) is 0.733. The van der Waals surface area contributed by atoms with E-state index in [0.717, 1.165) is 23.4 Å². The van der Waals surface area contributed by atoms with Gasteiger partial charge in [0.1, 0.15) is 0 Å². The number of carbonyl (C=O) groups is 1. The third-order valence-corrected chi connectivity index (χ3v) is 4.73. The van der Waals surface area contributed by atoms with Gasteiger partial charge in [0, 0.05) is 30.9 Å². The minimum Gasteiger partial charge on any atom is -0.388 e. The Morgan fingerprint density at radius 3 is 2.60 bits per heavy atom. The van der Waals surface area contributed by atoms with Crippen molar-refractivity contribution in [1.29, 1.82) is 0 Å². The molecular formula is C16H23N3O. The molecule has 0 radical (unpaired) electrons. The molecular weight excluding hydrogens is 250 g/mol. The molecule has 1 unspecified atom stereocenters. The number of hydrogen-bond acceptors (Lipinski definition) is 3. The summed E-state index contributed by atoms with van der Waals surface area (Å²) >= 11 is 0. The first kappa shape index (κ1) is 13.4. The van der Waals surface area contributed by atoms with E-state index in [-0.39, 0.29) is 5.91 Å². The molecule has 1 amide bonds. The van der Waals surface area contributed by atoms with Gasteiger partial charge in [-0.1, -0.05) is 0 Å². The van der Waals surface area contributed by atoms with Gasteiger partial charge in [0.15, 0.2) is 0 Å². The number of fused-ring (bicyclic) bond motifs is 3. The van der Waals surface area contributed by atoms with E-state index in [0.29, 0.717) is 12.0 Å². The molecule has 4 rings (SSSR count). The molecule has 0 saturated carbocycles. The van der Waals surface area contributed by atoms with Crippen LogP contribution in [0.2, 0.25) is 0 Å². The molecule has 4 heteroatoms. The second-order valence-electron chi connectivity index (χ2n) is 6.00. The minimum absolute atomic E-state index is 0.0644. The predicted octanol–water partition coefficient (Wildman–Crippen LogP) is 1.86. The number of nitrogens with one attached hydrogen (secondary N) is 2. The third-order valence-electron chi connectivity index (χ3n) is 4.73. The van der Waals surface area contributed by atoms with Crippen LogP contribution in [0.15, 0.2) is 18.2 Å². The largest absolute Gasteiger partial charge is 0.388 e. The van der Waals surface area contributed by atoms with E-state index in [2.05, 4.69) is 15.5 Å². The summed E-state index contributed by atoms with van der Waals surface area (Å²) in [5, 5.41) is 6.36. The van der Waals surface area contributed by atoms with Gasteiger partial charge in [-0.05, 0) is 62.5 Å². The zero-order chi connectivity index (χ0) is 14.1. The van der Waals surface area contributed by atoms with E-state index in [4.69, 9.17) is 0 Å². The van der Waals surface area contributed by atoms with E-state index < -0.39 is 0 Å². The van der Waals surface area contributed by atoms with Crippen LogP contribution in [0.1, 0.15) is 28.8 Å². The normalized spacial score (nSPS) is 28.2. The van der Waals surface area contributed by atoms with Gasteiger partial charge in [0.2, 0.25) is 0 Å². The Kier molecular flexibility index (Phi) is 3.66. The Hall–Kier alpha value is -1.55.